The van der Waals surface area contributed by atoms with Crippen molar-refractivity contribution in [2.75, 3.05) is 12.4 Å². The number of fused-ring (bicyclic) bond motifs is 1. The number of hydrogen-bond acceptors (Lipinski definition) is 8. The molecular weight excluding hydrogens is 306 g/mol. The third-order valence-corrected chi connectivity index (χ3v) is 2.99. The number of benzene rings is 1. The molecule has 2 aromatic heterocycles. The van der Waals surface area contributed by atoms with Gasteiger partial charge in [-0.2, -0.15) is 5.21 Å². The second-order valence-electron chi connectivity index (χ2n) is 4.36. The summed E-state index contributed by atoms with van der Waals surface area (Å²) in [6, 6.07) is 5.46. The maximum Gasteiger partial charge on any atom is 0.276 e. The van der Waals surface area contributed by atoms with Gasteiger partial charge in [0.2, 0.25) is 0 Å². The molecule has 0 aliphatic rings. The zero-order valence-corrected chi connectivity index (χ0v) is 11.7. The Morgan fingerprint density at radius 2 is 2.22 bits per heavy atom. The van der Waals surface area contributed by atoms with E-state index in [0.717, 1.165) is 0 Å². The average molecular weight is 315 g/mol. The number of nitro benzene ring substituents is 1. The van der Waals surface area contributed by atoms with E-state index < -0.39 is 10.8 Å². The fourth-order valence-corrected chi connectivity index (χ4v) is 1.96. The van der Waals surface area contributed by atoms with Crippen LogP contribution in [0.4, 0.5) is 11.6 Å². The van der Waals surface area contributed by atoms with Crippen LogP contribution in [0, 0.1) is 10.1 Å². The Kier molecular flexibility index (Phi) is 3.51. The molecule has 0 saturated carbocycles. The summed E-state index contributed by atoms with van der Waals surface area (Å²) >= 11 is 0. The van der Waals surface area contributed by atoms with Gasteiger partial charge >= 0.3 is 0 Å². The van der Waals surface area contributed by atoms with Crippen LogP contribution in [0.2, 0.25) is 0 Å². The van der Waals surface area contributed by atoms with Crippen LogP contribution in [0.15, 0.2) is 24.3 Å². The Labute approximate surface area is 127 Å². The maximum atomic E-state index is 12.1. The maximum absolute atomic E-state index is 12.1. The summed E-state index contributed by atoms with van der Waals surface area (Å²) in [7, 11) is 1.40. The molecule has 0 spiro atoms. The van der Waals surface area contributed by atoms with E-state index in [0.29, 0.717) is 10.9 Å². The van der Waals surface area contributed by atoms with Crippen molar-refractivity contribution in [3.8, 4) is 5.75 Å². The van der Waals surface area contributed by atoms with Crippen molar-refractivity contribution in [3.05, 3.63) is 40.1 Å². The molecule has 11 heteroatoms. The first-order chi connectivity index (χ1) is 11.1. The van der Waals surface area contributed by atoms with Crippen LogP contribution in [0.3, 0.4) is 0 Å². The minimum absolute atomic E-state index is 0.000404. The van der Waals surface area contributed by atoms with Gasteiger partial charge in [-0.25, -0.2) is 4.98 Å². The van der Waals surface area contributed by atoms with E-state index in [-0.39, 0.29) is 23.1 Å². The molecule has 0 unspecified atom stereocenters. The smallest absolute Gasteiger partial charge is 0.276 e. The number of ether oxygens (including phenoxy) is 1. The number of carbonyl (C=O) groups is 1. The predicted octanol–water partition coefficient (Wildman–Crippen LogP) is 0.917. The van der Waals surface area contributed by atoms with Gasteiger partial charge in [0.25, 0.3) is 17.5 Å². The molecule has 3 rings (SSSR count). The van der Waals surface area contributed by atoms with E-state index in [1.165, 1.54) is 31.4 Å². The van der Waals surface area contributed by atoms with Gasteiger partial charge in [0, 0.05) is 23.6 Å². The number of nitrogens with one attached hydrogen (secondary N) is 2. The Balaban J connectivity index is 2.04. The fraction of sp³-hybridized carbons (Fsp3) is 0.0833. The van der Waals surface area contributed by atoms with E-state index >= 15 is 0 Å². The first-order valence-corrected chi connectivity index (χ1v) is 6.26. The number of aromatic nitrogens is 5. The molecule has 0 radical (unpaired) electrons. The van der Waals surface area contributed by atoms with Gasteiger partial charge in [-0.15, -0.1) is 5.10 Å². The molecule has 1 aromatic carbocycles. The van der Waals surface area contributed by atoms with Crippen molar-refractivity contribution in [1.82, 2.24) is 25.6 Å². The van der Waals surface area contributed by atoms with Gasteiger partial charge in [-0.1, -0.05) is 5.10 Å². The Hall–Kier alpha value is -3.63. The van der Waals surface area contributed by atoms with E-state index in [2.05, 4.69) is 30.9 Å². The molecular formula is C12H9N7O4. The lowest BCUT2D eigenvalue weighted by Gasteiger charge is -2.08. The minimum Gasteiger partial charge on any atom is -0.496 e. The molecule has 116 valence electrons. The normalized spacial score (nSPS) is 10.5. The van der Waals surface area contributed by atoms with Gasteiger partial charge in [-0.05, 0) is 11.3 Å². The zero-order valence-electron chi connectivity index (χ0n) is 11.7. The van der Waals surface area contributed by atoms with Crippen LogP contribution < -0.4 is 10.1 Å². The first kappa shape index (κ1) is 14.3. The van der Waals surface area contributed by atoms with Crippen LogP contribution in [-0.4, -0.2) is 43.5 Å². The standard InChI is InChI=1S/C12H9N7O4/c1-23-10-5-9(11(20)14-12-15-17-18-16-12)13-8-3-2-6(19(21)22)4-7(8)10/h2-5H,1H3,(H2,14,15,16,17,18,20). The van der Waals surface area contributed by atoms with Gasteiger partial charge < -0.3 is 4.74 Å². The molecule has 0 aliphatic carbocycles. The van der Waals surface area contributed by atoms with Crippen molar-refractivity contribution in [2.24, 2.45) is 0 Å². The van der Waals surface area contributed by atoms with Crippen molar-refractivity contribution in [3.63, 3.8) is 0 Å². The van der Waals surface area contributed by atoms with Crippen molar-refractivity contribution in [2.45, 2.75) is 0 Å². The fourth-order valence-electron chi connectivity index (χ4n) is 1.96. The number of pyridine rings is 1. The topological polar surface area (TPSA) is 149 Å². The summed E-state index contributed by atoms with van der Waals surface area (Å²) in [6.45, 7) is 0. The van der Waals surface area contributed by atoms with Gasteiger partial charge in [0.15, 0.2) is 0 Å². The number of anilines is 1. The van der Waals surface area contributed by atoms with Crippen molar-refractivity contribution < 1.29 is 14.5 Å². The summed E-state index contributed by atoms with van der Waals surface area (Å²) in [5.41, 5.74) is 0.336. The monoisotopic (exact) mass is 315 g/mol. The first-order valence-electron chi connectivity index (χ1n) is 6.26. The molecule has 0 atom stereocenters. The van der Waals surface area contributed by atoms with E-state index in [9.17, 15) is 14.9 Å². The molecule has 23 heavy (non-hydrogen) atoms. The summed E-state index contributed by atoms with van der Waals surface area (Å²) < 4.78 is 5.20. The quantitative estimate of drug-likeness (QED) is 0.533. The highest BCUT2D eigenvalue weighted by Gasteiger charge is 2.16. The lowest BCUT2D eigenvalue weighted by atomic mass is 10.1. The number of carbonyl (C=O) groups excluding carboxylic acids is 1. The molecule has 11 nitrogen and oxygen atoms in total. The number of hydrogen-bond donors (Lipinski definition) is 2. The molecule has 0 fully saturated rings. The molecule has 0 aliphatic heterocycles. The number of H-pyrrole nitrogens is 1. The third kappa shape index (κ3) is 2.74. The molecule has 1 amide bonds. The molecule has 2 N–H and O–H groups in total. The van der Waals surface area contributed by atoms with Crippen molar-refractivity contribution in [1.29, 1.82) is 0 Å². The molecule has 0 bridgehead atoms. The zero-order chi connectivity index (χ0) is 16.4. The number of aromatic amines is 1. The Morgan fingerprint density at radius 3 is 2.87 bits per heavy atom. The van der Waals surface area contributed by atoms with E-state index in [4.69, 9.17) is 4.74 Å². The van der Waals surface area contributed by atoms with Crippen molar-refractivity contribution >= 4 is 28.4 Å². The highest BCUT2D eigenvalue weighted by Crippen LogP contribution is 2.28. The lowest BCUT2D eigenvalue weighted by Crippen LogP contribution is -2.15. The largest absolute Gasteiger partial charge is 0.496 e. The van der Waals surface area contributed by atoms with E-state index in [1.54, 1.807) is 0 Å². The van der Waals surface area contributed by atoms with Gasteiger partial charge in [0.1, 0.15) is 11.4 Å². The Bertz CT molecular complexity index is 894. The minimum atomic E-state index is -0.565. The number of tetrazole rings is 1. The molecule has 2 heterocycles. The predicted molar refractivity (Wildman–Crippen MR) is 77.1 cm³/mol. The summed E-state index contributed by atoms with van der Waals surface area (Å²) in [4.78, 5) is 26.6. The SMILES string of the molecule is COc1cc(C(=O)Nc2nn[nH]n2)nc2ccc([N+](=O)[O-])cc12. The number of nitro groups is 1. The third-order valence-electron chi connectivity index (χ3n) is 2.99. The second-order valence-corrected chi connectivity index (χ2v) is 4.36. The Morgan fingerprint density at radius 1 is 1.39 bits per heavy atom. The number of rotatable bonds is 4. The molecule has 3 aromatic rings. The lowest BCUT2D eigenvalue weighted by molar-refractivity contribution is -0.384. The summed E-state index contributed by atoms with van der Waals surface area (Å²) in [5, 5.41) is 26.4. The van der Waals surface area contributed by atoms with Crippen LogP contribution in [0.25, 0.3) is 10.9 Å². The van der Waals surface area contributed by atoms with Crippen LogP contribution in [0.5, 0.6) is 5.75 Å². The average Bonchev–Trinajstić information content (AvgIpc) is 3.06. The highest BCUT2D eigenvalue weighted by molar-refractivity contribution is 6.04. The van der Waals surface area contributed by atoms with Crippen LogP contribution in [0.1, 0.15) is 10.5 Å². The number of nitrogens with zero attached hydrogens (tertiary/aromatic N) is 5. The summed E-state index contributed by atoms with van der Waals surface area (Å²) in [6.07, 6.45) is 0. The molecule has 0 saturated heterocycles. The number of amides is 1. The van der Waals surface area contributed by atoms with Crippen LogP contribution >= 0.6 is 0 Å². The number of methoxy groups -OCH3 is 1. The van der Waals surface area contributed by atoms with Gasteiger partial charge in [-0.3, -0.25) is 20.2 Å². The van der Waals surface area contributed by atoms with Crippen LogP contribution in [-0.2, 0) is 0 Å². The highest BCUT2D eigenvalue weighted by atomic mass is 16.6. The van der Waals surface area contributed by atoms with Gasteiger partial charge in [0.05, 0.1) is 17.5 Å². The summed E-state index contributed by atoms with van der Waals surface area (Å²) in [5.74, 6) is -0.276. The second kappa shape index (κ2) is 5.63. The number of non-ortho nitro benzene ring substituents is 1. The van der Waals surface area contributed by atoms with E-state index in [1.807, 2.05) is 0 Å².